The van der Waals surface area contributed by atoms with Crippen LogP contribution in [0.25, 0.3) is 33.6 Å². The van der Waals surface area contributed by atoms with Crippen molar-refractivity contribution in [3.05, 3.63) is 71.6 Å². The molecule has 2 aromatic carbocycles. The predicted octanol–water partition coefficient (Wildman–Crippen LogP) is 7.59. The molecule has 312 valence electrons. The Bertz CT molecular complexity index is 2210. The van der Waals surface area contributed by atoms with E-state index in [4.69, 9.17) is 19.4 Å². The first-order valence-corrected chi connectivity index (χ1v) is 21.1. The maximum atomic E-state index is 13.8. The number of carbonyl (C=O) groups excluding carboxylic acids is 4. The van der Waals surface area contributed by atoms with E-state index in [1.54, 1.807) is 0 Å². The monoisotopic (exact) mass is 804 g/mol. The fourth-order valence-corrected chi connectivity index (χ4v) is 10.0. The average Bonchev–Trinajstić information content (AvgIpc) is 4.10. The van der Waals surface area contributed by atoms with Gasteiger partial charge in [0.15, 0.2) is 0 Å². The van der Waals surface area contributed by atoms with Crippen LogP contribution in [0.5, 0.6) is 0 Å². The molecule has 3 unspecified atom stereocenters. The van der Waals surface area contributed by atoms with Crippen molar-refractivity contribution >= 4 is 24.0 Å². The molecule has 4 N–H and O–H groups in total. The molecule has 2 aliphatic heterocycles. The first-order valence-electron chi connectivity index (χ1n) is 21.1. The number of carbonyl (C=O) groups is 4. The summed E-state index contributed by atoms with van der Waals surface area (Å²) in [5.41, 5.74) is 9.32. The number of methoxy groups -OCH3 is 2. The molecule has 6 atom stereocenters. The number of nitrogens with one attached hydrogen (secondary N) is 4. The van der Waals surface area contributed by atoms with Gasteiger partial charge in [0.05, 0.1) is 50.1 Å². The molecule has 3 fully saturated rings. The SMILES string of the molecule is COC(=O)NC(C(=O)N1CCC[C@H]1c1ncc(-c2ccc(-c3ccc(-c4cnc([C@H]5CCCN5C(=O)[C@H](NC(=O)OC)C(C)C)[nH]4)c4c3C3CCC4C3)cc2)[nH]1)C(C)C. The number of likely N-dealkylation sites (tertiary alicyclic amines) is 2. The third kappa shape index (κ3) is 7.57. The molecule has 0 radical (unpaired) electrons. The van der Waals surface area contributed by atoms with Crippen LogP contribution in [0.15, 0.2) is 48.8 Å². The zero-order chi connectivity index (χ0) is 41.5. The van der Waals surface area contributed by atoms with Gasteiger partial charge in [0.2, 0.25) is 11.8 Å². The lowest BCUT2D eigenvalue weighted by atomic mass is 9.82. The van der Waals surface area contributed by atoms with Gasteiger partial charge in [-0.2, -0.15) is 0 Å². The Balaban J connectivity index is 1.01. The van der Waals surface area contributed by atoms with Crippen LogP contribution in [0.1, 0.15) is 119 Å². The van der Waals surface area contributed by atoms with Crippen LogP contribution in [-0.2, 0) is 19.1 Å². The molecule has 14 nitrogen and oxygen atoms in total. The van der Waals surface area contributed by atoms with Gasteiger partial charge in [0, 0.05) is 18.7 Å². The van der Waals surface area contributed by atoms with E-state index in [0.717, 1.165) is 60.7 Å². The highest BCUT2D eigenvalue weighted by molar-refractivity contribution is 5.87. The summed E-state index contributed by atoms with van der Waals surface area (Å²) in [5.74, 6) is 2.06. The maximum Gasteiger partial charge on any atom is 0.407 e. The smallest absolute Gasteiger partial charge is 0.407 e. The molecule has 1 saturated carbocycles. The van der Waals surface area contributed by atoms with Crippen LogP contribution in [0.2, 0.25) is 0 Å². The largest absolute Gasteiger partial charge is 0.453 e. The Morgan fingerprint density at radius 2 is 1.10 bits per heavy atom. The fourth-order valence-electron chi connectivity index (χ4n) is 10.0. The molecular formula is C45H56N8O6. The van der Waals surface area contributed by atoms with Gasteiger partial charge in [0.25, 0.3) is 0 Å². The normalized spacial score (nSPS) is 21.8. The second-order valence-electron chi connectivity index (χ2n) is 17.2. The van der Waals surface area contributed by atoms with Crippen molar-refractivity contribution in [2.24, 2.45) is 11.8 Å². The summed E-state index contributed by atoms with van der Waals surface area (Å²) in [4.78, 5) is 71.9. The van der Waals surface area contributed by atoms with Gasteiger partial charge in [-0.25, -0.2) is 19.6 Å². The van der Waals surface area contributed by atoms with Crippen molar-refractivity contribution in [3.63, 3.8) is 0 Å². The van der Waals surface area contributed by atoms with Gasteiger partial charge in [0.1, 0.15) is 23.7 Å². The molecule has 4 amide bonds. The van der Waals surface area contributed by atoms with Crippen LogP contribution < -0.4 is 10.6 Å². The van der Waals surface area contributed by atoms with Gasteiger partial charge in [-0.05, 0) is 96.4 Å². The molecular weight excluding hydrogens is 749 g/mol. The Labute approximate surface area is 345 Å². The van der Waals surface area contributed by atoms with E-state index in [1.807, 2.05) is 49.9 Å². The van der Waals surface area contributed by atoms with Gasteiger partial charge < -0.3 is 39.9 Å². The van der Waals surface area contributed by atoms with E-state index >= 15 is 0 Å². The lowest BCUT2D eigenvalue weighted by molar-refractivity contribution is -0.136. The van der Waals surface area contributed by atoms with Gasteiger partial charge in [-0.1, -0.05) is 64.1 Å². The van der Waals surface area contributed by atoms with E-state index in [9.17, 15) is 19.2 Å². The summed E-state index contributed by atoms with van der Waals surface area (Å²) in [5, 5.41) is 5.45. The summed E-state index contributed by atoms with van der Waals surface area (Å²) >= 11 is 0. The highest BCUT2D eigenvalue weighted by Crippen LogP contribution is 2.58. The molecule has 59 heavy (non-hydrogen) atoms. The lowest BCUT2D eigenvalue weighted by Gasteiger charge is -2.30. The second kappa shape index (κ2) is 16.5. The van der Waals surface area contributed by atoms with Crippen LogP contribution in [0.4, 0.5) is 9.59 Å². The van der Waals surface area contributed by atoms with E-state index in [-0.39, 0.29) is 35.7 Å². The Kier molecular flexibility index (Phi) is 11.2. The molecule has 2 saturated heterocycles. The topological polar surface area (TPSA) is 175 Å². The number of rotatable bonds is 11. The number of ether oxygens (including phenoxy) is 2. The lowest BCUT2D eigenvalue weighted by Crippen LogP contribution is -2.51. The number of hydrogen-bond donors (Lipinski definition) is 4. The fraction of sp³-hybridized carbons (Fsp3) is 0.511. The number of benzene rings is 2. The first-order chi connectivity index (χ1) is 28.5. The van der Waals surface area contributed by atoms with Gasteiger partial charge in [-0.3, -0.25) is 9.59 Å². The number of aromatic nitrogens is 4. The molecule has 4 aliphatic rings. The zero-order valence-electron chi connectivity index (χ0n) is 34.8. The van der Waals surface area contributed by atoms with E-state index in [2.05, 4.69) is 57.0 Å². The third-order valence-corrected chi connectivity index (χ3v) is 13.0. The minimum absolute atomic E-state index is 0.101. The number of fused-ring (bicyclic) bond motifs is 5. The van der Waals surface area contributed by atoms with Crippen molar-refractivity contribution in [1.29, 1.82) is 0 Å². The van der Waals surface area contributed by atoms with Crippen LogP contribution in [-0.4, -0.2) is 93.1 Å². The van der Waals surface area contributed by atoms with Crippen LogP contribution in [0.3, 0.4) is 0 Å². The van der Waals surface area contributed by atoms with Gasteiger partial charge in [-0.15, -0.1) is 0 Å². The number of hydrogen-bond acceptors (Lipinski definition) is 8. The van der Waals surface area contributed by atoms with E-state index in [0.29, 0.717) is 24.9 Å². The summed E-state index contributed by atoms with van der Waals surface area (Å²) in [6.45, 7) is 8.87. The molecule has 4 heterocycles. The maximum absolute atomic E-state index is 13.8. The number of imidazole rings is 2. The average molecular weight is 805 g/mol. The van der Waals surface area contributed by atoms with E-state index in [1.165, 1.54) is 54.9 Å². The van der Waals surface area contributed by atoms with Crippen molar-refractivity contribution in [2.75, 3.05) is 27.3 Å². The molecule has 2 bridgehead atoms. The quantitative estimate of drug-likeness (QED) is 0.120. The molecule has 14 heteroatoms. The zero-order valence-corrected chi connectivity index (χ0v) is 34.8. The summed E-state index contributed by atoms with van der Waals surface area (Å²) in [7, 11) is 2.60. The highest BCUT2D eigenvalue weighted by atomic mass is 16.5. The summed E-state index contributed by atoms with van der Waals surface area (Å²) < 4.78 is 9.59. The number of nitrogens with zero attached hydrogens (tertiary/aromatic N) is 4. The van der Waals surface area contributed by atoms with Crippen molar-refractivity contribution in [3.8, 4) is 33.6 Å². The second-order valence-corrected chi connectivity index (χ2v) is 17.2. The molecule has 2 aromatic heterocycles. The molecule has 2 aliphatic carbocycles. The van der Waals surface area contributed by atoms with Crippen molar-refractivity contribution in [2.45, 2.75) is 109 Å². The van der Waals surface area contributed by atoms with Gasteiger partial charge >= 0.3 is 12.2 Å². The molecule has 8 rings (SSSR count). The minimum atomic E-state index is -0.685. The standard InChI is InChI=1S/C45H56N8O6/c1-24(2)38(50-44(56)58-5)42(54)52-19-7-9-34(52)40-46-22-32(48-40)27-13-11-26(12-14-27)30-17-18-31(37-29-16-15-28(21-29)36(30)37)33-23-47-41(49-33)35-10-8-20-53(35)43(55)39(25(3)4)51-45(57)59-6/h11-14,17-18,22-25,28-29,34-35,38-39H,7-10,15-16,19-21H2,1-6H3,(H,46,48)(H,47,49)(H,50,56)(H,51,57)/t28?,29?,34-,35+,38?,39+/m0/s1. The van der Waals surface area contributed by atoms with Crippen LogP contribution in [0, 0.1) is 11.8 Å². The third-order valence-electron chi connectivity index (χ3n) is 13.0. The Hall–Kier alpha value is -5.66. The number of H-pyrrole nitrogens is 2. The number of alkyl carbamates (subject to hydrolysis) is 2. The molecule has 4 aromatic rings. The minimum Gasteiger partial charge on any atom is -0.453 e. The highest BCUT2D eigenvalue weighted by Gasteiger charge is 2.42. The van der Waals surface area contributed by atoms with Crippen molar-refractivity contribution in [1.82, 2.24) is 40.4 Å². The Morgan fingerprint density at radius 1 is 0.644 bits per heavy atom. The summed E-state index contributed by atoms with van der Waals surface area (Å²) in [6, 6.07) is 11.4. The predicted molar refractivity (Wildman–Crippen MR) is 222 cm³/mol. The first kappa shape index (κ1) is 40.1. The van der Waals surface area contributed by atoms with Crippen LogP contribution >= 0.6 is 0 Å². The Morgan fingerprint density at radius 3 is 1.61 bits per heavy atom. The number of aromatic amines is 2. The summed E-state index contributed by atoms with van der Waals surface area (Å²) in [6.07, 6.45) is 9.34. The number of amides is 4. The molecule has 0 spiro atoms. The van der Waals surface area contributed by atoms with E-state index < -0.39 is 24.3 Å². The van der Waals surface area contributed by atoms with Crippen molar-refractivity contribution < 1.29 is 28.7 Å².